The lowest BCUT2D eigenvalue weighted by atomic mass is 10.1. The smallest absolute Gasteiger partial charge is 0.221 e. The third-order valence-corrected chi connectivity index (χ3v) is 3.35. The van der Waals surface area contributed by atoms with Crippen molar-refractivity contribution in [2.75, 3.05) is 0 Å². The van der Waals surface area contributed by atoms with Gasteiger partial charge in [-0.3, -0.25) is 4.79 Å². The number of benzene rings is 2. The molecule has 0 saturated heterocycles. The highest BCUT2D eigenvalue weighted by Crippen LogP contribution is 2.24. The average Bonchev–Trinajstić information content (AvgIpc) is 2.88. The Morgan fingerprint density at radius 1 is 1.14 bits per heavy atom. The molecule has 2 aromatic carbocycles. The van der Waals surface area contributed by atoms with Crippen LogP contribution in [0.15, 0.2) is 54.7 Å². The molecule has 106 valence electrons. The van der Waals surface area contributed by atoms with Gasteiger partial charge in [0, 0.05) is 23.2 Å². The van der Waals surface area contributed by atoms with Crippen LogP contribution in [0.4, 0.5) is 0 Å². The Balaban J connectivity index is 1.77. The van der Waals surface area contributed by atoms with Crippen LogP contribution in [0, 0.1) is 0 Å². The van der Waals surface area contributed by atoms with E-state index in [0.29, 0.717) is 6.61 Å². The number of nitrogens with two attached hydrogens (primary N) is 1. The van der Waals surface area contributed by atoms with Gasteiger partial charge >= 0.3 is 0 Å². The van der Waals surface area contributed by atoms with Crippen molar-refractivity contribution in [3.05, 3.63) is 65.9 Å². The molecule has 0 spiro atoms. The Morgan fingerprint density at radius 3 is 2.71 bits per heavy atom. The van der Waals surface area contributed by atoms with E-state index in [2.05, 4.69) is 4.98 Å². The molecule has 4 heteroatoms. The molecule has 3 rings (SSSR count). The van der Waals surface area contributed by atoms with Gasteiger partial charge in [-0.25, -0.2) is 0 Å². The van der Waals surface area contributed by atoms with E-state index in [1.54, 1.807) is 0 Å². The fourth-order valence-corrected chi connectivity index (χ4v) is 2.33. The Labute approximate surface area is 122 Å². The minimum Gasteiger partial charge on any atom is -0.489 e. The maximum absolute atomic E-state index is 11.0. The monoisotopic (exact) mass is 280 g/mol. The lowest BCUT2D eigenvalue weighted by Crippen LogP contribution is -2.13. The third-order valence-electron chi connectivity index (χ3n) is 3.35. The number of hydrogen-bond donors (Lipinski definition) is 2. The van der Waals surface area contributed by atoms with Crippen molar-refractivity contribution in [2.45, 2.75) is 13.0 Å². The van der Waals surface area contributed by atoms with Gasteiger partial charge < -0.3 is 15.5 Å². The molecule has 1 amide bonds. The number of nitrogens with one attached hydrogen (secondary N) is 1. The first kappa shape index (κ1) is 13.2. The van der Waals surface area contributed by atoms with Crippen molar-refractivity contribution in [1.29, 1.82) is 0 Å². The topological polar surface area (TPSA) is 68.1 Å². The van der Waals surface area contributed by atoms with Crippen LogP contribution in [0.1, 0.15) is 11.1 Å². The molecule has 1 heterocycles. The molecule has 0 unspecified atom stereocenters. The second-order valence-corrected chi connectivity index (χ2v) is 4.94. The van der Waals surface area contributed by atoms with Crippen LogP contribution in [-0.2, 0) is 17.8 Å². The van der Waals surface area contributed by atoms with Crippen LogP contribution in [0.5, 0.6) is 5.75 Å². The fraction of sp³-hybridized carbons (Fsp3) is 0.118. The van der Waals surface area contributed by atoms with Crippen molar-refractivity contribution in [2.24, 2.45) is 5.73 Å². The van der Waals surface area contributed by atoms with Crippen LogP contribution in [0.3, 0.4) is 0 Å². The second-order valence-electron chi connectivity index (χ2n) is 4.94. The highest BCUT2D eigenvalue weighted by molar-refractivity contribution is 5.89. The molecule has 0 atom stereocenters. The van der Waals surface area contributed by atoms with Crippen molar-refractivity contribution in [3.63, 3.8) is 0 Å². The molecular weight excluding hydrogens is 264 g/mol. The number of aromatic amines is 1. The zero-order chi connectivity index (χ0) is 14.7. The van der Waals surface area contributed by atoms with Gasteiger partial charge in [0.15, 0.2) is 0 Å². The van der Waals surface area contributed by atoms with Gasteiger partial charge in [-0.2, -0.15) is 0 Å². The largest absolute Gasteiger partial charge is 0.489 e. The number of amides is 1. The normalized spacial score (nSPS) is 10.7. The highest BCUT2D eigenvalue weighted by atomic mass is 16.5. The summed E-state index contributed by atoms with van der Waals surface area (Å²) in [4.78, 5) is 14.2. The molecule has 0 bridgehead atoms. The van der Waals surface area contributed by atoms with Gasteiger partial charge in [-0.1, -0.05) is 30.3 Å². The number of carbonyl (C=O) groups is 1. The van der Waals surface area contributed by atoms with Crippen LogP contribution in [-0.4, -0.2) is 10.9 Å². The Morgan fingerprint density at radius 2 is 1.95 bits per heavy atom. The number of carbonyl (C=O) groups excluding carboxylic acids is 1. The van der Waals surface area contributed by atoms with E-state index in [4.69, 9.17) is 10.5 Å². The van der Waals surface area contributed by atoms with Crippen molar-refractivity contribution in [1.82, 2.24) is 4.98 Å². The zero-order valence-electron chi connectivity index (χ0n) is 11.5. The minimum absolute atomic E-state index is 0.240. The molecule has 21 heavy (non-hydrogen) atoms. The van der Waals surface area contributed by atoms with Crippen LogP contribution < -0.4 is 10.5 Å². The number of hydrogen-bond acceptors (Lipinski definition) is 2. The van der Waals surface area contributed by atoms with Gasteiger partial charge in [-0.15, -0.1) is 0 Å². The third kappa shape index (κ3) is 3.05. The summed E-state index contributed by atoms with van der Waals surface area (Å²) in [7, 11) is 0. The van der Waals surface area contributed by atoms with E-state index >= 15 is 0 Å². The molecule has 3 aromatic rings. The van der Waals surface area contributed by atoms with Gasteiger partial charge in [0.05, 0.1) is 6.42 Å². The molecule has 0 fully saturated rings. The summed E-state index contributed by atoms with van der Waals surface area (Å²) in [6.07, 6.45) is 2.06. The first-order chi connectivity index (χ1) is 10.2. The van der Waals surface area contributed by atoms with Gasteiger partial charge in [0.1, 0.15) is 12.4 Å². The minimum atomic E-state index is -0.333. The van der Waals surface area contributed by atoms with Crippen molar-refractivity contribution >= 4 is 16.8 Å². The van der Waals surface area contributed by atoms with E-state index in [-0.39, 0.29) is 12.3 Å². The summed E-state index contributed by atoms with van der Waals surface area (Å²) in [5, 5.41) is 1.00. The predicted molar refractivity (Wildman–Crippen MR) is 82.0 cm³/mol. The SMILES string of the molecule is NC(=O)Cc1c[nH]c2cc(OCc3ccccc3)ccc12. The number of aromatic nitrogens is 1. The van der Waals surface area contributed by atoms with E-state index in [1.165, 1.54) is 0 Å². The summed E-state index contributed by atoms with van der Waals surface area (Å²) < 4.78 is 5.78. The number of H-pyrrole nitrogens is 1. The molecule has 1 aromatic heterocycles. The summed E-state index contributed by atoms with van der Waals surface area (Å²) in [5.41, 5.74) is 8.21. The number of rotatable bonds is 5. The van der Waals surface area contributed by atoms with Gasteiger partial charge in [0.2, 0.25) is 5.91 Å². The van der Waals surface area contributed by atoms with Crippen LogP contribution in [0.25, 0.3) is 10.9 Å². The first-order valence-electron chi connectivity index (χ1n) is 6.77. The summed E-state index contributed by atoms with van der Waals surface area (Å²) >= 11 is 0. The number of fused-ring (bicyclic) bond motifs is 1. The Bertz CT molecular complexity index is 763. The molecule has 0 saturated carbocycles. The van der Waals surface area contributed by atoms with Crippen LogP contribution in [0.2, 0.25) is 0 Å². The van der Waals surface area contributed by atoms with E-state index in [1.807, 2.05) is 54.7 Å². The summed E-state index contributed by atoms with van der Waals surface area (Å²) in [6, 6.07) is 15.8. The summed E-state index contributed by atoms with van der Waals surface area (Å²) in [5.74, 6) is 0.458. The lowest BCUT2D eigenvalue weighted by Gasteiger charge is -2.06. The fourth-order valence-electron chi connectivity index (χ4n) is 2.33. The van der Waals surface area contributed by atoms with E-state index in [0.717, 1.165) is 27.8 Å². The number of primary amides is 1. The average molecular weight is 280 g/mol. The van der Waals surface area contributed by atoms with Crippen molar-refractivity contribution in [3.8, 4) is 5.75 Å². The maximum atomic E-state index is 11.0. The highest BCUT2D eigenvalue weighted by Gasteiger charge is 2.07. The van der Waals surface area contributed by atoms with Crippen molar-refractivity contribution < 1.29 is 9.53 Å². The first-order valence-corrected chi connectivity index (χ1v) is 6.77. The summed E-state index contributed by atoms with van der Waals surface area (Å²) in [6.45, 7) is 0.529. The quantitative estimate of drug-likeness (QED) is 0.754. The molecular formula is C17H16N2O2. The zero-order valence-corrected chi connectivity index (χ0v) is 11.5. The second kappa shape index (κ2) is 5.71. The molecule has 0 aliphatic heterocycles. The standard InChI is InChI=1S/C17H16N2O2/c18-17(20)8-13-10-19-16-9-14(6-7-15(13)16)21-11-12-4-2-1-3-5-12/h1-7,9-10,19H,8,11H2,(H2,18,20). The molecule has 4 nitrogen and oxygen atoms in total. The van der Waals surface area contributed by atoms with Gasteiger partial charge in [-0.05, 0) is 23.3 Å². The van der Waals surface area contributed by atoms with Crippen LogP contribution >= 0.6 is 0 Å². The van der Waals surface area contributed by atoms with E-state index in [9.17, 15) is 4.79 Å². The Hall–Kier alpha value is -2.75. The lowest BCUT2D eigenvalue weighted by molar-refractivity contribution is -0.117. The maximum Gasteiger partial charge on any atom is 0.221 e. The molecule has 0 aliphatic rings. The predicted octanol–water partition coefficient (Wildman–Crippen LogP) is 2.77. The molecule has 3 N–H and O–H groups in total. The van der Waals surface area contributed by atoms with Gasteiger partial charge in [0.25, 0.3) is 0 Å². The Kier molecular flexibility index (Phi) is 3.60. The molecule has 0 radical (unpaired) electrons. The van der Waals surface area contributed by atoms with E-state index < -0.39 is 0 Å². The number of ether oxygens (including phenoxy) is 1. The molecule has 0 aliphatic carbocycles.